The Kier molecular flexibility index (Phi) is 7.61. The van der Waals surface area contributed by atoms with Gasteiger partial charge in [-0.3, -0.25) is 29.1 Å². The molecule has 1 unspecified atom stereocenters. The van der Waals surface area contributed by atoms with Crippen LogP contribution in [0.4, 0.5) is 5.69 Å². The molecule has 1 atom stereocenters. The smallest absolute Gasteiger partial charge is 0.261 e. The molecule has 43 heavy (non-hydrogen) atoms. The number of para-hydroxylation sites is 1. The fourth-order valence-corrected chi connectivity index (χ4v) is 6.75. The van der Waals surface area contributed by atoms with Gasteiger partial charge in [0.05, 0.1) is 16.5 Å². The van der Waals surface area contributed by atoms with Crippen molar-refractivity contribution >= 4 is 44.3 Å². The largest absolute Gasteiger partial charge is 0.488 e. The number of hydrogen-bond donors (Lipinski definition) is 2. The van der Waals surface area contributed by atoms with Crippen LogP contribution in [0.1, 0.15) is 47.7 Å². The molecule has 0 bridgehead atoms. The molecule has 3 heterocycles. The number of aromatic nitrogens is 2. The van der Waals surface area contributed by atoms with Crippen molar-refractivity contribution in [2.45, 2.75) is 42.6 Å². The second kappa shape index (κ2) is 11.5. The van der Waals surface area contributed by atoms with Gasteiger partial charge in [-0.1, -0.05) is 30.3 Å². The highest BCUT2D eigenvalue weighted by Crippen LogP contribution is 2.35. The third-order valence-corrected chi connectivity index (χ3v) is 9.28. The van der Waals surface area contributed by atoms with Crippen molar-refractivity contribution in [2.24, 2.45) is 7.05 Å². The van der Waals surface area contributed by atoms with Gasteiger partial charge in [-0.25, -0.2) is 8.42 Å². The van der Waals surface area contributed by atoms with E-state index in [0.29, 0.717) is 55.0 Å². The quantitative estimate of drug-likeness (QED) is 0.309. The lowest BCUT2D eigenvalue weighted by molar-refractivity contribution is -0.134. The zero-order chi connectivity index (χ0) is 30.1. The Balaban J connectivity index is 1.08. The van der Waals surface area contributed by atoms with E-state index >= 15 is 0 Å². The van der Waals surface area contributed by atoms with Crippen LogP contribution in [0.5, 0.6) is 5.75 Å². The highest BCUT2D eigenvalue weighted by molar-refractivity contribution is 7.92. The number of hydrogen-bond acceptors (Lipinski definition) is 7. The van der Waals surface area contributed by atoms with Crippen molar-refractivity contribution in [1.29, 1.82) is 0 Å². The van der Waals surface area contributed by atoms with E-state index in [1.807, 2.05) is 25.2 Å². The van der Waals surface area contributed by atoms with Crippen LogP contribution in [0, 0.1) is 0 Å². The molecular weight excluding hydrogens is 570 g/mol. The summed E-state index contributed by atoms with van der Waals surface area (Å²) in [6.07, 6.45) is 1.85. The van der Waals surface area contributed by atoms with Crippen LogP contribution in [-0.4, -0.2) is 60.0 Å². The SMILES string of the molecule is Cn1nc(C2CCC(=O)NC2=O)c2cccc(OC3CCN(C(=O)c4ccc(NS(=O)(=O)c5ccccc5)cc4)CC3)c21. The summed E-state index contributed by atoms with van der Waals surface area (Å²) in [5, 5.41) is 7.85. The average molecular weight is 602 g/mol. The molecule has 6 rings (SSSR count). The molecule has 12 heteroatoms. The lowest BCUT2D eigenvalue weighted by atomic mass is 9.93. The maximum atomic E-state index is 13.2. The highest BCUT2D eigenvalue weighted by atomic mass is 32.2. The van der Waals surface area contributed by atoms with E-state index in [-0.39, 0.29) is 35.1 Å². The van der Waals surface area contributed by atoms with Gasteiger partial charge in [-0.15, -0.1) is 0 Å². The summed E-state index contributed by atoms with van der Waals surface area (Å²) in [6.45, 7) is 1.02. The number of nitrogens with one attached hydrogen (secondary N) is 2. The Hall–Kier alpha value is -4.71. The van der Waals surface area contributed by atoms with Crippen LogP contribution in [-0.2, 0) is 26.7 Å². The number of rotatable bonds is 7. The number of benzene rings is 3. The molecule has 0 radical (unpaired) electrons. The molecule has 4 aromatic rings. The molecule has 2 N–H and O–H groups in total. The van der Waals surface area contributed by atoms with E-state index in [4.69, 9.17) is 4.74 Å². The molecule has 3 amide bonds. The second-order valence-electron chi connectivity index (χ2n) is 10.8. The van der Waals surface area contributed by atoms with Crippen LogP contribution in [0.25, 0.3) is 10.9 Å². The Bertz CT molecular complexity index is 1800. The summed E-state index contributed by atoms with van der Waals surface area (Å²) in [5.41, 5.74) is 2.26. The van der Waals surface area contributed by atoms with E-state index in [9.17, 15) is 22.8 Å². The maximum absolute atomic E-state index is 13.2. The van der Waals surface area contributed by atoms with E-state index in [1.54, 1.807) is 52.0 Å². The van der Waals surface area contributed by atoms with Gasteiger partial charge in [-0.2, -0.15) is 5.10 Å². The number of nitrogens with zero attached hydrogens (tertiary/aromatic N) is 3. The van der Waals surface area contributed by atoms with E-state index in [1.165, 1.54) is 12.1 Å². The van der Waals surface area contributed by atoms with Crippen molar-refractivity contribution in [2.75, 3.05) is 17.8 Å². The van der Waals surface area contributed by atoms with Crippen LogP contribution in [0.15, 0.2) is 77.7 Å². The molecule has 3 aromatic carbocycles. The number of ether oxygens (including phenoxy) is 1. The number of aryl methyl sites for hydroxylation is 1. The zero-order valence-corrected chi connectivity index (χ0v) is 24.3. The van der Waals surface area contributed by atoms with Gasteiger partial charge in [0.25, 0.3) is 15.9 Å². The summed E-state index contributed by atoms with van der Waals surface area (Å²) >= 11 is 0. The molecule has 0 saturated carbocycles. The normalized spacial score (nSPS) is 18.0. The summed E-state index contributed by atoms with van der Waals surface area (Å²) < 4.78 is 35.8. The maximum Gasteiger partial charge on any atom is 0.261 e. The van der Waals surface area contributed by atoms with Crippen LogP contribution >= 0.6 is 0 Å². The average Bonchev–Trinajstić information content (AvgIpc) is 3.34. The first-order valence-corrected chi connectivity index (χ1v) is 15.6. The van der Waals surface area contributed by atoms with Crippen molar-refractivity contribution in [1.82, 2.24) is 20.0 Å². The first-order chi connectivity index (χ1) is 20.7. The van der Waals surface area contributed by atoms with Gasteiger partial charge < -0.3 is 9.64 Å². The van der Waals surface area contributed by atoms with E-state index < -0.39 is 15.9 Å². The summed E-state index contributed by atoms with van der Waals surface area (Å²) in [5.74, 6) is -0.562. The lowest BCUT2D eigenvalue weighted by Crippen LogP contribution is -2.41. The number of carbonyl (C=O) groups is 3. The van der Waals surface area contributed by atoms with Gasteiger partial charge in [0.2, 0.25) is 11.8 Å². The van der Waals surface area contributed by atoms with Crippen LogP contribution < -0.4 is 14.8 Å². The van der Waals surface area contributed by atoms with Crippen LogP contribution in [0.3, 0.4) is 0 Å². The monoisotopic (exact) mass is 601 g/mol. The second-order valence-corrected chi connectivity index (χ2v) is 12.5. The van der Waals surface area contributed by atoms with Crippen molar-refractivity contribution < 1.29 is 27.5 Å². The standard InChI is InChI=1S/C31H31N5O6S/c1-35-29-24(28(33-35)25-14-15-27(37)32-30(25)38)8-5-9-26(29)42-22-16-18-36(19-17-22)31(39)20-10-12-21(13-11-20)34-43(40,41)23-6-3-2-4-7-23/h2-13,22,25,34H,14-19H2,1H3,(H,32,37,38). The Morgan fingerprint density at radius 3 is 2.37 bits per heavy atom. The molecule has 2 aliphatic heterocycles. The highest BCUT2D eigenvalue weighted by Gasteiger charge is 2.32. The summed E-state index contributed by atoms with van der Waals surface area (Å²) in [4.78, 5) is 39.2. The third-order valence-electron chi connectivity index (χ3n) is 7.89. The number of amides is 3. The third kappa shape index (κ3) is 5.82. The van der Waals surface area contributed by atoms with Gasteiger partial charge in [-0.05, 0) is 48.9 Å². The van der Waals surface area contributed by atoms with Crippen LogP contribution in [0.2, 0.25) is 0 Å². The number of piperidine rings is 2. The first-order valence-electron chi connectivity index (χ1n) is 14.1. The summed E-state index contributed by atoms with van der Waals surface area (Å²) in [7, 11) is -1.91. The molecule has 1 aromatic heterocycles. The van der Waals surface area contributed by atoms with Gasteiger partial charge in [0, 0.05) is 56.0 Å². The molecule has 11 nitrogen and oxygen atoms in total. The predicted molar refractivity (Wildman–Crippen MR) is 159 cm³/mol. The Morgan fingerprint density at radius 1 is 0.953 bits per heavy atom. The van der Waals surface area contributed by atoms with Gasteiger partial charge in [0.1, 0.15) is 17.4 Å². The number of likely N-dealkylation sites (tertiary alicyclic amines) is 1. The topological polar surface area (TPSA) is 140 Å². The molecular formula is C31H31N5O6S. The van der Waals surface area contributed by atoms with Crippen molar-refractivity contribution in [3.8, 4) is 5.75 Å². The fraction of sp³-hybridized carbons (Fsp3) is 0.290. The number of fused-ring (bicyclic) bond motifs is 1. The number of imide groups is 1. The minimum atomic E-state index is -3.72. The van der Waals surface area contributed by atoms with Crippen molar-refractivity contribution in [3.63, 3.8) is 0 Å². The van der Waals surface area contributed by atoms with E-state index in [2.05, 4.69) is 15.1 Å². The van der Waals surface area contributed by atoms with Gasteiger partial charge >= 0.3 is 0 Å². The number of carbonyl (C=O) groups excluding carboxylic acids is 3. The minimum Gasteiger partial charge on any atom is -0.488 e. The minimum absolute atomic E-state index is 0.113. The Labute approximate surface area is 248 Å². The molecule has 222 valence electrons. The molecule has 2 saturated heterocycles. The number of anilines is 1. The fourth-order valence-electron chi connectivity index (χ4n) is 5.67. The van der Waals surface area contributed by atoms with Gasteiger partial charge in [0.15, 0.2) is 0 Å². The zero-order valence-electron chi connectivity index (χ0n) is 23.5. The predicted octanol–water partition coefficient (Wildman–Crippen LogP) is 3.58. The molecule has 2 fully saturated rings. The summed E-state index contributed by atoms with van der Waals surface area (Å²) in [6, 6.07) is 20.2. The molecule has 0 aliphatic carbocycles. The first kappa shape index (κ1) is 28.4. The van der Waals surface area contributed by atoms with Crippen molar-refractivity contribution in [3.05, 3.63) is 84.1 Å². The number of sulfonamides is 1. The van der Waals surface area contributed by atoms with E-state index in [0.717, 1.165) is 10.9 Å². The Morgan fingerprint density at radius 2 is 1.67 bits per heavy atom. The molecule has 2 aliphatic rings. The lowest BCUT2D eigenvalue weighted by Gasteiger charge is -2.32. The molecule has 0 spiro atoms.